The highest BCUT2D eigenvalue weighted by Crippen LogP contribution is 2.24. The third-order valence-corrected chi connectivity index (χ3v) is 4.14. The number of H-pyrrole nitrogens is 1. The number of benzene rings is 1. The predicted octanol–water partition coefficient (Wildman–Crippen LogP) is 3.31. The maximum absolute atomic E-state index is 4.61. The van der Waals surface area contributed by atoms with Crippen LogP contribution in [0.15, 0.2) is 28.7 Å². The lowest BCUT2D eigenvalue weighted by Gasteiger charge is -2.09. The molecule has 0 saturated carbocycles. The molecule has 0 amide bonds. The fraction of sp³-hybridized carbons (Fsp3) is 0.267. The molecule has 1 aromatic carbocycles. The average molecular weight is 346 g/mol. The molecule has 108 valence electrons. The summed E-state index contributed by atoms with van der Waals surface area (Å²) in [6, 6.07) is 7.99. The fourth-order valence-electron chi connectivity index (χ4n) is 2.26. The number of nitrogens with zero attached hydrogens (tertiary/aromatic N) is 3. The van der Waals surface area contributed by atoms with E-state index in [4.69, 9.17) is 0 Å². The first kappa shape index (κ1) is 14.0. The van der Waals surface area contributed by atoms with Crippen LogP contribution in [0.5, 0.6) is 0 Å². The molecule has 2 N–H and O–H groups in total. The van der Waals surface area contributed by atoms with Gasteiger partial charge in [-0.25, -0.2) is 15.0 Å². The summed E-state index contributed by atoms with van der Waals surface area (Å²) in [6.45, 7) is 2.08. The topological polar surface area (TPSA) is 66.5 Å². The quantitative estimate of drug-likeness (QED) is 0.761. The molecule has 5 nitrogen and oxygen atoms in total. The molecule has 0 unspecified atom stereocenters. The third kappa shape index (κ3) is 2.76. The molecule has 6 heteroatoms. The number of anilines is 1. The van der Waals surface area contributed by atoms with E-state index >= 15 is 0 Å². The van der Waals surface area contributed by atoms with Gasteiger partial charge in [-0.3, -0.25) is 0 Å². The Morgan fingerprint density at radius 1 is 1.19 bits per heavy atom. The highest BCUT2D eigenvalue weighted by atomic mass is 79.9. The molecule has 2 aromatic heterocycles. The van der Waals surface area contributed by atoms with Crippen LogP contribution in [-0.2, 0) is 12.8 Å². The number of imidazole rings is 1. The van der Waals surface area contributed by atoms with Crippen molar-refractivity contribution < 1.29 is 0 Å². The summed E-state index contributed by atoms with van der Waals surface area (Å²) in [5.74, 6) is 2.45. The van der Waals surface area contributed by atoms with Gasteiger partial charge in [-0.2, -0.15) is 0 Å². The minimum absolute atomic E-state index is 0.587. The lowest BCUT2D eigenvalue weighted by atomic mass is 10.3. The molecule has 0 spiro atoms. The molecule has 0 atom stereocenters. The van der Waals surface area contributed by atoms with Gasteiger partial charge in [0.2, 0.25) is 0 Å². The van der Waals surface area contributed by atoms with Crippen LogP contribution in [0, 0.1) is 0 Å². The van der Waals surface area contributed by atoms with Crippen molar-refractivity contribution in [3.05, 3.63) is 46.1 Å². The van der Waals surface area contributed by atoms with Crippen LogP contribution in [0.1, 0.15) is 24.3 Å². The Kier molecular flexibility index (Phi) is 3.88. The Labute approximate surface area is 131 Å². The van der Waals surface area contributed by atoms with Crippen LogP contribution in [0.4, 0.5) is 5.82 Å². The average Bonchev–Trinajstić information content (AvgIpc) is 2.90. The smallest absolute Gasteiger partial charge is 0.144 e. The Morgan fingerprint density at radius 2 is 2.00 bits per heavy atom. The number of aromatic nitrogens is 4. The minimum Gasteiger partial charge on any atom is -0.372 e. The Hall–Kier alpha value is -1.95. The number of hydrogen-bond acceptors (Lipinski definition) is 4. The molecule has 0 aliphatic heterocycles. The molecule has 0 bridgehead atoms. The van der Waals surface area contributed by atoms with Gasteiger partial charge in [-0.15, -0.1) is 0 Å². The first-order valence-corrected chi connectivity index (χ1v) is 7.67. The van der Waals surface area contributed by atoms with Crippen molar-refractivity contribution in [3.8, 4) is 0 Å². The number of para-hydroxylation sites is 2. The van der Waals surface area contributed by atoms with Crippen LogP contribution in [0.3, 0.4) is 0 Å². The zero-order chi connectivity index (χ0) is 14.8. The molecular formula is C15H16BrN5. The van der Waals surface area contributed by atoms with Gasteiger partial charge in [0.15, 0.2) is 0 Å². The van der Waals surface area contributed by atoms with Crippen molar-refractivity contribution in [1.82, 2.24) is 19.9 Å². The molecular weight excluding hydrogens is 330 g/mol. The predicted molar refractivity (Wildman–Crippen MR) is 87.6 cm³/mol. The second-order valence-electron chi connectivity index (χ2n) is 4.73. The van der Waals surface area contributed by atoms with Gasteiger partial charge in [-0.1, -0.05) is 19.1 Å². The lowest BCUT2D eigenvalue weighted by Crippen LogP contribution is -2.06. The lowest BCUT2D eigenvalue weighted by molar-refractivity contribution is 0.872. The molecule has 2 heterocycles. The van der Waals surface area contributed by atoms with Crippen LogP contribution >= 0.6 is 15.9 Å². The fourth-order valence-corrected chi connectivity index (χ4v) is 2.92. The summed E-state index contributed by atoms with van der Waals surface area (Å²) in [7, 11) is 1.86. The van der Waals surface area contributed by atoms with Crippen molar-refractivity contribution in [1.29, 1.82) is 0 Å². The highest BCUT2D eigenvalue weighted by molar-refractivity contribution is 9.10. The summed E-state index contributed by atoms with van der Waals surface area (Å²) < 4.78 is 0.931. The Balaban J connectivity index is 1.97. The molecule has 0 aliphatic carbocycles. The van der Waals surface area contributed by atoms with E-state index < -0.39 is 0 Å². The summed E-state index contributed by atoms with van der Waals surface area (Å²) >= 11 is 3.54. The van der Waals surface area contributed by atoms with Gasteiger partial charge in [-0.05, 0) is 34.5 Å². The summed E-state index contributed by atoms with van der Waals surface area (Å²) in [4.78, 5) is 17.0. The molecule has 0 radical (unpaired) electrons. The normalized spacial score (nSPS) is 11.0. The van der Waals surface area contributed by atoms with E-state index in [0.717, 1.165) is 45.1 Å². The van der Waals surface area contributed by atoms with Gasteiger partial charge in [0, 0.05) is 7.05 Å². The molecule has 0 aliphatic rings. The van der Waals surface area contributed by atoms with Crippen molar-refractivity contribution in [2.24, 2.45) is 0 Å². The van der Waals surface area contributed by atoms with Crippen molar-refractivity contribution in [3.63, 3.8) is 0 Å². The van der Waals surface area contributed by atoms with E-state index in [-0.39, 0.29) is 0 Å². The molecule has 0 saturated heterocycles. The van der Waals surface area contributed by atoms with Crippen LogP contribution < -0.4 is 5.32 Å². The Morgan fingerprint density at radius 3 is 2.71 bits per heavy atom. The largest absolute Gasteiger partial charge is 0.372 e. The van der Waals surface area contributed by atoms with E-state index in [0.29, 0.717) is 6.42 Å². The first-order valence-electron chi connectivity index (χ1n) is 6.88. The maximum Gasteiger partial charge on any atom is 0.144 e. The molecule has 21 heavy (non-hydrogen) atoms. The van der Waals surface area contributed by atoms with Crippen LogP contribution in [0.25, 0.3) is 11.0 Å². The van der Waals surface area contributed by atoms with E-state index in [1.165, 1.54) is 0 Å². The molecule has 0 fully saturated rings. The number of nitrogens with one attached hydrogen (secondary N) is 2. The number of aromatic amines is 1. The zero-order valence-electron chi connectivity index (χ0n) is 11.9. The second kappa shape index (κ2) is 5.81. The van der Waals surface area contributed by atoms with Gasteiger partial charge in [0.25, 0.3) is 0 Å². The third-order valence-electron chi connectivity index (χ3n) is 3.30. The second-order valence-corrected chi connectivity index (χ2v) is 5.52. The van der Waals surface area contributed by atoms with Crippen molar-refractivity contribution >= 4 is 32.8 Å². The highest BCUT2D eigenvalue weighted by Gasteiger charge is 2.12. The maximum atomic E-state index is 4.61. The Bertz CT molecular complexity index is 723. The van der Waals surface area contributed by atoms with Crippen LogP contribution in [0.2, 0.25) is 0 Å². The number of hydrogen-bond donors (Lipinski definition) is 2. The zero-order valence-corrected chi connectivity index (χ0v) is 13.5. The van der Waals surface area contributed by atoms with E-state index in [1.807, 2.05) is 31.3 Å². The van der Waals surface area contributed by atoms with Gasteiger partial charge in [0.1, 0.15) is 17.5 Å². The number of fused-ring (bicyclic) bond motifs is 1. The van der Waals surface area contributed by atoms with Gasteiger partial charge < -0.3 is 10.3 Å². The molecule has 3 aromatic rings. The molecule has 3 rings (SSSR count). The van der Waals surface area contributed by atoms with Gasteiger partial charge >= 0.3 is 0 Å². The van der Waals surface area contributed by atoms with E-state index in [9.17, 15) is 0 Å². The number of aryl methyl sites for hydroxylation is 1. The minimum atomic E-state index is 0.587. The standard InChI is InChI=1S/C15H16BrN5/c1-3-9-14(16)15(17-2)21-13(18-9)8-12-19-10-6-4-5-7-11(10)20-12/h4-7H,3,8H2,1-2H3,(H,19,20)(H,17,18,21). The number of halogens is 1. The van der Waals surface area contributed by atoms with Crippen molar-refractivity contribution in [2.75, 3.05) is 12.4 Å². The van der Waals surface area contributed by atoms with E-state index in [1.54, 1.807) is 0 Å². The van der Waals surface area contributed by atoms with Crippen LogP contribution in [-0.4, -0.2) is 27.0 Å². The van der Waals surface area contributed by atoms with Crippen molar-refractivity contribution in [2.45, 2.75) is 19.8 Å². The van der Waals surface area contributed by atoms with E-state index in [2.05, 4.69) is 48.1 Å². The van der Waals surface area contributed by atoms with Gasteiger partial charge in [0.05, 0.1) is 27.6 Å². The first-order chi connectivity index (χ1) is 10.2. The summed E-state index contributed by atoms with van der Waals surface area (Å²) in [5, 5.41) is 3.09. The monoisotopic (exact) mass is 345 g/mol. The SMILES string of the molecule is CCc1nc(Cc2nc3ccccc3[nH]2)nc(NC)c1Br. The summed E-state index contributed by atoms with van der Waals surface area (Å²) in [5.41, 5.74) is 3.00. The summed E-state index contributed by atoms with van der Waals surface area (Å²) in [6.07, 6.45) is 1.44. The number of rotatable bonds is 4.